The molecule has 3 atom stereocenters. The molecule has 2 aliphatic rings. The number of rotatable bonds is 7. The van der Waals surface area contributed by atoms with Crippen molar-refractivity contribution >= 4 is 17.6 Å². The van der Waals surface area contributed by atoms with Crippen molar-refractivity contribution in [3.63, 3.8) is 0 Å². The Morgan fingerprint density at radius 3 is 2.55 bits per heavy atom. The molecule has 2 aliphatic heterocycles. The van der Waals surface area contributed by atoms with Crippen molar-refractivity contribution in [1.29, 1.82) is 0 Å². The van der Waals surface area contributed by atoms with Crippen LogP contribution < -0.4 is 10.6 Å². The van der Waals surface area contributed by atoms with Gasteiger partial charge in [0.2, 0.25) is 0 Å². The smallest absolute Gasteiger partial charge is 0.336 e. The van der Waals surface area contributed by atoms with Gasteiger partial charge in [-0.05, 0) is 32.4 Å². The average molecular weight is 461 g/mol. The molecule has 3 rings (SSSR count). The van der Waals surface area contributed by atoms with Crippen LogP contribution in [0.5, 0.6) is 0 Å². The van der Waals surface area contributed by atoms with Crippen LogP contribution in [0.3, 0.4) is 0 Å². The Bertz CT molecular complexity index is 943. The summed E-state index contributed by atoms with van der Waals surface area (Å²) in [6.07, 6.45) is 0.398. The molecule has 1 aromatic rings. The fraction of sp³-hybridized carbons (Fsp3) is 0.565. The van der Waals surface area contributed by atoms with Gasteiger partial charge in [-0.25, -0.2) is 4.79 Å². The first-order valence-corrected chi connectivity index (χ1v) is 11.1. The first-order chi connectivity index (χ1) is 15.8. The molecule has 180 valence electrons. The van der Waals surface area contributed by atoms with E-state index in [4.69, 9.17) is 9.47 Å². The Morgan fingerprint density at radius 1 is 1.24 bits per heavy atom. The van der Waals surface area contributed by atoms with E-state index in [9.17, 15) is 19.7 Å². The van der Waals surface area contributed by atoms with E-state index in [2.05, 4.69) is 15.5 Å². The number of nitrogens with zero attached hydrogens (tertiary/aromatic N) is 2. The van der Waals surface area contributed by atoms with Gasteiger partial charge in [-0.1, -0.05) is 12.1 Å². The van der Waals surface area contributed by atoms with Gasteiger partial charge in [0.1, 0.15) is 5.41 Å². The molecule has 0 aromatic heterocycles. The minimum atomic E-state index is -1.18. The molecule has 1 saturated heterocycles. The predicted octanol–water partition coefficient (Wildman–Crippen LogP) is 1.57. The third-order valence-corrected chi connectivity index (χ3v) is 6.85. The summed E-state index contributed by atoms with van der Waals surface area (Å²) in [6.45, 7) is 7.67. The zero-order chi connectivity index (χ0) is 24.2. The van der Waals surface area contributed by atoms with Crippen molar-refractivity contribution in [2.45, 2.75) is 32.2 Å². The van der Waals surface area contributed by atoms with Gasteiger partial charge < -0.3 is 25.0 Å². The monoisotopic (exact) mass is 460 g/mol. The van der Waals surface area contributed by atoms with E-state index in [1.807, 2.05) is 6.92 Å². The fourth-order valence-electron chi connectivity index (χ4n) is 5.14. The molecular weight excluding hydrogens is 428 g/mol. The lowest BCUT2D eigenvalue weighted by molar-refractivity contribution is -0.384. The fourth-order valence-corrected chi connectivity index (χ4v) is 5.14. The lowest BCUT2D eigenvalue weighted by Crippen LogP contribution is -2.58. The Kier molecular flexibility index (Phi) is 7.70. The van der Waals surface area contributed by atoms with Crippen molar-refractivity contribution in [3.8, 4) is 0 Å². The van der Waals surface area contributed by atoms with E-state index in [-0.39, 0.29) is 11.3 Å². The van der Waals surface area contributed by atoms with Crippen LogP contribution in [-0.2, 0) is 19.1 Å². The SMILES string of the molecule is COC(=O)C1=C(C)NC(C)C(CCN2CCNCC2)(C(=O)OC)C1c1cccc([N+](=O)[O-])c1. The summed E-state index contributed by atoms with van der Waals surface area (Å²) in [5, 5.41) is 18.1. The summed E-state index contributed by atoms with van der Waals surface area (Å²) in [5.74, 6) is -1.83. The minimum Gasteiger partial charge on any atom is -0.469 e. The number of nitro groups is 1. The normalized spacial score (nSPS) is 25.8. The number of esters is 2. The highest BCUT2D eigenvalue weighted by Crippen LogP contribution is 2.51. The molecule has 0 spiro atoms. The summed E-state index contributed by atoms with van der Waals surface area (Å²) in [5.41, 5.74) is 0.0662. The van der Waals surface area contributed by atoms with E-state index < -0.39 is 34.2 Å². The number of carbonyl (C=O) groups excluding carboxylic acids is 2. The number of methoxy groups -OCH3 is 2. The van der Waals surface area contributed by atoms with E-state index in [0.29, 0.717) is 24.2 Å². The van der Waals surface area contributed by atoms with Crippen molar-refractivity contribution < 1.29 is 24.0 Å². The molecule has 0 saturated carbocycles. The third kappa shape index (κ3) is 4.72. The van der Waals surface area contributed by atoms with Gasteiger partial charge in [0.15, 0.2) is 0 Å². The number of benzene rings is 1. The number of ether oxygens (including phenoxy) is 2. The molecule has 1 fully saturated rings. The van der Waals surface area contributed by atoms with Gasteiger partial charge in [0.05, 0.1) is 24.7 Å². The Hall–Kier alpha value is -2.98. The van der Waals surface area contributed by atoms with Crippen molar-refractivity contribution in [2.75, 3.05) is 46.9 Å². The van der Waals surface area contributed by atoms with E-state index in [1.54, 1.807) is 19.1 Å². The molecule has 0 bridgehead atoms. The number of allylic oxidation sites excluding steroid dienone is 1. The van der Waals surface area contributed by atoms with E-state index >= 15 is 0 Å². The van der Waals surface area contributed by atoms with Gasteiger partial charge in [-0.2, -0.15) is 0 Å². The Morgan fingerprint density at radius 2 is 1.94 bits per heavy atom. The third-order valence-electron chi connectivity index (χ3n) is 6.85. The number of hydrogen-bond acceptors (Lipinski definition) is 9. The highest BCUT2D eigenvalue weighted by molar-refractivity contribution is 5.94. The molecule has 10 nitrogen and oxygen atoms in total. The standard InChI is InChI=1S/C23H32N4O6/c1-15-19(21(28)32-3)20(17-6-5-7-18(14-17)27(30)31)23(16(2)25-15,22(29)33-4)8-11-26-12-9-24-10-13-26/h5-7,14,16,20,24-25H,8-13H2,1-4H3. The lowest BCUT2D eigenvalue weighted by atomic mass is 9.60. The lowest BCUT2D eigenvalue weighted by Gasteiger charge is -2.48. The number of non-ortho nitro benzene ring substituents is 1. The summed E-state index contributed by atoms with van der Waals surface area (Å²) in [7, 11) is 2.61. The van der Waals surface area contributed by atoms with E-state index in [1.165, 1.54) is 26.4 Å². The van der Waals surface area contributed by atoms with Crippen LogP contribution in [0.4, 0.5) is 5.69 Å². The maximum atomic E-state index is 13.5. The highest BCUT2D eigenvalue weighted by Gasteiger charge is 2.57. The number of nitro benzene ring substituents is 1. The molecule has 3 unspecified atom stereocenters. The summed E-state index contributed by atoms with van der Waals surface area (Å²) < 4.78 is 10.4. The average Bonchev–Trinajstić information content (AvgIpc) is 2.83. The second-order valence-corrected chi connectivity index (χ2v) is 8.55. The second kappa shape index (κ2) is 10.3. The summed E-state index contributed by atoms with van der Waals surface area (Å²) >= 11 is 0. The molecular formula is C23H32N4O6. The van der Waals surface area contributed by atoms with Gasteiger partial charge >= 0.3 is 11.9 Å². The van der Waals surface area contributed by atoms with Crippen LogP contribution in [0.1, 0.15) is 31.7 Å². The second-order valence-electron chi connectivity index (χ2n) is 8.55. The first kappa shape index (κ1) is 24.7. The van der Waals surface area contributed by atoms with Gasteiger partial charge in [-0.3, -0.25) is 14.9 Å². The molecule has 0 radical (unpaired) electrons. The minimum absolute atomic E-state index is 0.110. The molecule has 1 aromatic carbocycles. The molecule has 0 aliphatic carbocycles. The quantitative estimate of drug-likeness (QED) is 0.354. The van der Waals surface area contributed by atoms with Crippen molar-refractivity contribution in [3.05, 3.63) is 51.2 Å². The molecule has 10 heteroatoms. The largest absolute Gasteiger partial charge is 0.469 e. The summed E-state index contributed by atoms with van der Waals surface area (Å²) in [6, 6.07) is 5.71. The maximum absolute atomic E-state index is 13.5. The highest BCUT2D eigenvalue weighted by atomic mass is 16.6. The topological polar surface area (TPSA) is 123 Å². The van der Waals surface area contributed by atoms with Crippen molar-refractivity contribution in [1.82, 2.24) is 15.5 Å². The van der Waals surface area contributed by atoms with Crippen LogP contribution in [0.25, 0.3) is 0 Å². The Balaban J connectivity index is 2.19. The molecule has 0 amide bonds. The number of piperazine rings is 1. The molecule has 2 heterocycles. The Labute approximate surface area is 193 Å². The number of hydrogen-bond donors (Lipinski definition) is 2. The van der Waals surface area contributed by atoms with Gasteiger partial charge in [-0.15, -0.1) is 0 Å². The summed E-state index contributed by atoms with van der Waals surface area (Å²) in [4.78, 5) is 39.8. The zero-order valence-electron chi connectivity index (χ0n) is 19.6. The molecule has 33 heavy (non-hydrogen) atoms. The van der Waals surface area contributed by atoms with Crippen LogP contribution in [0.2, 0.25) is 0 Å². The maximum Gasteiger partial charge on any atom is 0.336 e. The van der Waals surface area contributed by atoms with Crippen LogP contribution in [0, 0.1) is 15.5 Å². The van der Waals surface area contributed by atoms with Gasteiger partial charge in [0, 0.05) is 56.0 Å². The van der Waals surface area contributed by atoms with Gasteiger partial charge in [0.25, 0.3) is 5.69 Å². The van der Waals surface area contributed by atoms with E-state index in [0.717, 1.165) is 26.2 Å². The van der Waals surface area contributed by atoms with Crippen molar-refractivity contribution in [2.24, 2.45) is 5.41 Å². The number of nitrogens with one attached hydrogen (secondary N) is 2. The number of carbonyl (C=O) groups is 2. The zero-order valence-corrected chi connectivity index (χ0v) is 19.6. The molecule has 2 N–H and O–H groups in total. The first-order valence-electron chi connectivity index (χ1n) is 11.1. The van der Waals surface area contributed by atoms with Crippen LogP contribution in [0.15, 0.2) is 35.5 Å². The predicted molar refractivity (Wildman–Crippen MR) is 122 cm³/mol. The van der Waals surface area contributed by atoms with Crippen LogP contribution >= 0.6 is 0 Å². The van der Waals surface area contributed by atoms with Crippen LogP contribution in [-0.4, -0.2) is 74.7 Å².